The Balaban J connectivity index is 1.89. The molecule has 0 radical (unpaired) electrons. The van der Waals surface area contributed by atoms with Gasteiger partial charge >= 0.3 is 0 Å². The third-order valence-electron chi connectivity index (χ3n) is 3.47. The predicted octanol–water partition coefficient (Wildman–Crippen LogP) is 4.12. The fourth-order valence-corrected chi connectivity index (χ4v) is 3.96. The lowest BCUT2D eigenvalue weighted by Crippen LogP contribution is -2.27. The van der Waals surface area contributed by atoms with Crippen LogP contribution in [0.15, 0.2) is 42.0 Å². The minimum Gasteiger partial charge on any atom is -0.323 e. The number of hydrogen-bond donors (Lipinski definition) is 1. The van der Waals surface area contributed by atoms with Gasteiger partial charge in [-0.2, -0.15) is 0 Å². The number of halogens is 2. The van der Waals surface area contributed by atoms with E-state index in [1.165, 1.54) is 17.0 Å². The molecule has 0 saturated heterocycles. The van der Waals surface area contributed by atoms with Gasteiger partial charge in [0.2, 0.25) is 5.91 Å². The number of nitrogens with zero attached hydrogens (tertiary/aromatic N) is 3. The molecule has 2 heterocycles. The van der Waals surface area contributed by atoms with Gasteiger partial charge in [-0.1, -0.05) is 40.6 Å². The summed E-state index contributed by atoms with van der Waals surface area (Å²) in [6.07, 6.45) is 3.00. The van der Waals surface area contributed by atoms with E-state index in [-0.39, 0.29) is 12.1 Å². The second-order valence-corrected chi connectivity index (χ2v) is 7.76. The van der Waals surface area contributed by atoms with Crippen molar-refractivity contribution in [1.82, 2.24) is 14.1 Å². The topological polar surface area (TPSA) is 68.9 Å². The average Bonchev–Trinajstić information content (AvgIpc) is 2.91. The molecule has 10 heteroatoms. The van der Waals surface area contributed by atoms with Crippen LogP contribution in [0.2, 0.25) is 10.0 Å². The highest BCUT2D eigenvalue weighted by Crippen LogP contribution is 2.25. The van der Waals surface area contributed by atoms with E-state index in [0.29, 0.717) is 36.6 Å². The second-order valence-electron chi connectivity index (χ2n) is 5.27. The van der Waals surface area contributed by atoms with Crippen molar-refractivity contribution in [2.45, 2.75) is 13.1 Å². The first-order valence-corrected chi connectivity index (χ1v) is 9.33. The van der Waals surface area contributed by atoms with Gasteiger partial charge in [0.15, 0.2) is 9.60 Å². The minimum atomic E-state index is -0.425. The van der Waals surface area contributed by atoms with Crippen LogP contribution < -0.4 is 10.9 Å². The number of carbonyl (C=O) groups is 1. The summed E-state index contributed by atoms with van der Waals surface area (Å²) in [5.41, 5.74) is 0.528. The van der Waals surface area contributed by atoms with Crippen LogP contribution in [0.25, 0.3) is 10.3 Å². The SMILES string of the molecule is C=CCn1c(=S)sc2c(=O)n(CC(=O)Nc3cc(Cl)ccc3Cl)cnc21. The van der Waals surface area contributed by atoms with Gasteiger partial charge in [-0.15, -0.1) is 6.58 Å². The molecule has 3 rings (SSSR count). The molecule has 1 amide bonds. The van der Waals surface area contributed by atoms with E-state index in [0.717, 1.165) is 11.3 Å². The second kappa shape index (κ2) is 7.71. The monoisotopic (exact) mass is 426 g/mol. The molecular formula is C16H12Cl2N4O2S2. The van der Waals surface area contributed by atoms with Gasteiger partial charge in [0.05, 0.1) is 10.7 Å². The number of nitrogens with one attached hydrogen (secondary N) is 1. The van der Waals surface area contributed by atoms with Crippen LogP contribution in [-0.4, -0.2) is 20.0 Å². The number of allylic oxidation sites excluding steroid dienone is 1. The van der Waals surface area contributed by atoms with Gasteiger partial charge in [-0.05, 0) is 30.4 Å². The van der Waals surface area contributed by atoms with E-state index in [1.807, 2.05) is 0 Å². The van der Waals surface area contributed by atoms with E-state index in [2.05, 4.69) is 16.9 Å². The van der Waals surface area contributed by atoms with Crippen molar-refractivity contribution >= 4 is 68.7 Å². The van der Waals surface area contributed by atoms with Crippen molar-refractivity contribution in [3.63, 3.8) is 0 Å². The molecular weight excluding hydrogens is 415 g/mol. The summed E-state index contributed by atoms with van der Waals surface area (Å²) in [6, 6.07) is 4.73. The lowest BCUT2D eigenvalue weighted by atomic mass is 10.3. The Bertz CT molecular complexity index is 1130. The zero-order chi connectivity index (χ0) is 18.8. The van der Waals surface area contributed by atoms with E-state index in [9.17, 15) is 9.59 Å². The number of rotatable bonds is 5. The maximum Gasteiger partial charge on any atom is 0.273 e. The number of thiazole rings is 1. The molecule has 0 saturated carbocycles. The van der Waals surface area contributed by atoms with Crippen LogP contribution >= 0.6 is 46.8 Å². The molecule has 0 aliphatic rings. The van der Waals surface area contributed by atoms with Crippen LogP contribution in [0.1, 0.15) is 0 Å². The van der Waals surface area contributed by atoms with Crippen LogP contribution in [0, 0.1) is 3.95 Å². The van der Waals surface area contributed by atoms with Crippen molar-refractivity contribution in [3.05, 3.63) is 61.5 Å². The molecule has 0 aliphatic carbocycles. The molecule has 1 N–H and O–H groups in total. The lowest BCUT2D eigenvalue weighted by molar-refractivity contribution is -0.116. The minimum absolute atomic E-state index is 0.212. The Labute approximate surface area is 167 Å². The fraction of sp³-hybridized carbons (Fsp3) is 0.125. The lowest BCUT2D eigenvalue weighted by Gasteiger charge is -2.09. The van der Waals surface area contributed by atoms with Crippen LogP contribution in [0.3, 0.4) is 0 Å². The Kier molecular flexibility index (Phi) is 5.57. The van der Waals surface area contributed by atoms with Crippen molar-refractivity contribution < 1.29 is 4.79 Å². The number of carbonyl (C=O) groups excluding carboxylic acids is 1. The fourth-order valence-electron chi connectivity index (χ4n) is 2.31. The number of anilines is 1. The quantitative estimate of drug-likeness (QED) is 0.491. The Morgan fingerprint density at radius 2 is 2.19 bits per heavy atom. The maximum atomic E-state index is 12.6. The van der Waals surface area contributed by atoms with Crippen LogP contribution in [0.5, 0.6) is 0 Å². The predicted molar refractivity (Wildman–Crippen MR) is 108 cm³/mol. The third kappa shape index (κ3) is 3.73. The highest BCUT2D eigenvalue weighted by molar-refractivity contribution is 7.73. The third-order valence-corrected chi connectivity index (χ3v) is 5.46. The first-order chi connectivity index (χ1) is 12.4. The van der Waals surface area contributed by atoms with Crippen molar-refractivity contribution in [2.24, 2.45) is 0 Å². The van der Waals surface area contributed by atoms with Crippen LogP contribution in [0.4, 0.5) is 5.69 Å². The summed E-state index contributed by atoms with van der Waals surface area (Å²) in [6.45, 7) is 3.92. The number of hydrogen-bond acceptors (Lipinski definition) is 5. The van der Waals surface area contributed by atoms with Gasteiger partial charge in [0.1, 0.15) is 17.6 Å². The Morgan fingerprint density at radius 3 is 2.92 bits per heavy atom. The van der Waals surface area contributed by atoms with Crippen LogP contribution in [-0.2, 0) is 17.9 Å². The highest BCUT2D eigenvalue weighted by atomic mass is 35.5. The van der Waals surface area contributed by atoms with Gasteiger partial charge in [0, 0.05) is 11.6 Å². The maximum absolute atomic E-state index is 12.6. The molecule has 0 atom stereocenters. The van der Waals surface area contributed by atoms with Crippen molar-refractivity contribution in [3.8, 4) is 0 Å². The molecule has 0 aliphatic heterocycles. The molecule has 0 spiro atoms. The molecule has 3 aromatic rings. The van der Waals surface area contributed by atoms with Crippen molar-refractivity contribution in [2.75, 3.05) is 5.32 Å². The van der Waals surface area contributed by atoms with E-state index >= 15 is 0 Å². The summed E-state index contributed by atoms with van der Waals surface area (Å²) >= 11 is 18.3. The normalized spacial score (nSPS) is 10.8. The Hall–Kier alpha value is -2.00. The highest BCUT2D eigenvalue weighted by Gasteiger charge is 2.14. The standard InChI is InChI=1S/C16H12Cl2N4O2S2/c1-2-5-22-14-13(26-16(22)25)15(24)21(8-19-14)7-12(23)20-11-6-9(17)3-4-10(11)18/h2-4,6,8H,1,5,7H2,(H,20,23). The van der Waals surface area contributed by atoms with E-state index in [4.69, 9.17) is 35.4 Å². The summed E-state index contributed by atoms with van der Waals surface area (Å²) in [5.74, 6) is -0.425. The summed E-state index contributed by atoms with van der Waals surface area (Å²) in [7, 11) is 0. The Morgan fingerprint density at radius 1 is 1.42 bits per heavy atom. The van der Waals surface area contributed by atoms with E-state index in [1.54, 1.807) is 22.8 Å². The number of fused-ring (bicyclic) bond motifs is 1. The molecule has 6 nitrogen and oxygen atoms in total. The molecule has 26 heavy (non-hydrogen) atoms. The van der Waals surface area contributed by atoms with Crippen molar-refractivity contribution in [1.29, 1.82) is 0 Å². The van der Waals surface area contributed by atoms with Gasteiger partial charge in [-0.25, -0.2) is 4.98 Å². The first-order valence-electron chi connectivity index (χ1n) is 7.35. The van der Waals surface area contributed by atoms with E-state index < -0.39 is 5.91 Å². The summed E-state index contributed by atoms with van der Waals surface area (Å²) in [5, 5.41) is 3.42. The number of aromatic nitrogens is 3. The molecule has 1 aromatic carbocycles. The first kappa shape index (κ1) is 18.8. The number of benzene rings is 1. The molecule has 0 fully saturated rings. The summed E-state index contributed by atoms with van der Waals surface area (Å²) in [4.78, 5) is 29.2. The molecule has 0 unspecified atom stereocenters. The number of amides is 1. The molecule has 0 bridgehead atoms. The average molecular weight is 427 g/mol. The zero-order valence-electron chi connectivity index (χ0n) is 13.2. The van der Waals surface area contributed by atoms with Gasteiger partial charge in [-0.3, -0.25) is 14.2 Å². The van der Waals surface area contributed by atoms with Gasteiger partial charge < -0.3 is 9.88 Å². The molecule has 2 aromatic heterocycles. The largest absolute Gasteiger partial charge is 0.323 e. The summed E-state index contributed by atoms with van der Waals surface area (Å²) < 4.78 is 3.87. The smallest absolute Gasteiger partial charge is 0.273 e. The van der Waals surface area contributed by atoms with Gasteiger partial charge in [0.25, 0.3) is 5.56 Å². The molecule has 134 valence electrons. The zero-order valence-corrected chi connectivity index (χ0v) is 16.4.